The number of thiol groups is 1. The van der Waals surface area contributed by atoms with E-state index >= 15 is 0 Å². The molecule has 0 heterocycles. The number of hydrogen-bond acceptors (Lipinski definition) is 1. The van der Waals surface area contributed by atoms with Gasteiger partial charge < -0.3 is 17.0 Å². The van der Waals surface area contributed by atoms with Crippen molar-refractivity contribution in [2.45, 2.75) is 4.90 Å². The van der Waals surface area contributed by atoms with Crippen molar-refractivity contribution in [2.75, 3.05) is 0 Å². The summed E-state index contributed by atoms with van der Waals surface area (Å²) in [6, 6.07) is 9.25. The van der Waals surface area contributed by atoms with Gasteiger partial charge in [-0.3, -0.25) is 0 Å². The van der Waals surface area contributed by atoms with Crippen molar-refractivity contribution in [3.05, 3.63) is 30.3 Å². The van der Waals surface area contributed by atoms with Gasteiger partial charge in [-0.15, -0.1) is 0 Å². The van der Waals surface area contributed by atoms with E-state index in [1.165, 1.54) is 0 Å². The molecule has 0 fully saturated rings. The average Bonchev–Trinajstić information content (AvgIpc) is 1.90. The molecule has 0 spiro atoms. The summed E-state index contributed by atoms with van der Waals surface area (Å²) in [5.41, 5.74) is 0. The van der Waals surface area contributed by atoms with Crippen LogP contribution in [0.4, 0.5) is 0 Å². The molecule has 0 N–H and O–H groups in total. The molecule has 0 saturated carbocycles. The van der Waals surface area contributed by atoms with E-state index < -0.39 is 0 Å². The van der Waals surface area contributed by atoms with Crippen LogP contribution in [0.5, 0.6) is 0 Å². The summed E-state index contributed by atoms with van der Waals surface area (Å²) >= 11 is 0.0994. The van der Waals surface area contributed by atoms with E-state index in [-0.39, 0.29) is 43.9 Å². The fourth-order valence-electron chi connectivity index (χ4n) is 0.489. The first-order valence-corrected chi connectivity index (χ1v) is 3.13. The van der Waals surface area contributed by atoms with E-state index in [0.29, 0.717) is 0 Å². The molecule has 1 aromatic carbocycles. The topological polar surface area (TPSA) is 23.1 Å². The van der Waals surface area contributed by atoms with Crippen LogP contribution >= 0.6 is 0 Å². The smallest absolute Gasteiger partial charge is 0.150 e. The Kier molecular flexibility index (Phi) is 9.86. The van der Waals surface area contributed by atoms with Crippen LogP contribution in [0.1, 0.15) is 0 Å². The van der Waals surface area contributed by atoms with Crippen LogP contribution in [0.25, 0.3) is 0 Å². The molecule has 0 amide bonds. The van der Waals surface area contributed by atoms with E-state index in [1.807, 2.05) is 30.3 Å². The summed E-state index contributed by atoms with van der Waals surface area (Å²) in [7, 11) is 0. The number of hydrogen-bond donors (Lipinski definition) is 0. The Bertz CT molecular complexity index is 159. The van der Waals surface area contributed by atoms with E-state index in [9.17, 15) is 4.55 Å². The Morgan fingerprint density at radius 2 is 1.60 bits per heavy atom. The van der Waals surface area contributed by atoms with Crippen molar-refractivity contribution < 1.29 is 36.4 Å². The molecule has 0 aliphatic rings. The van der Waals surface area contributed by atoms with Crippen LogP contribution in [0.3, 0.4) is 0 Å². The third kappa shape index (κ3) is 4.29. The van der Waals surface area contributed by atoms with E-state index in [2.05, 4.69) is 0 Å². The molecule has 4 heteroatoms. The molecule has 0 aromatic heterocycles. The molecule has 0 atom stereocenters. The molecule has 0 bridgehead atoms. The summed E-state index contributed by atoms with van der Waals surface area (Å²) in [6.45, 7) is 0. The van der Waals surface area contributed by atoms with Crippen molar-refractivity contribution >= 4 is 12.0 Å². The molecule has 0 unspecified atom stereocenters. The predicted molar refractivity (Wildman–Crippen MR) is 34.2 cm³/mol. The van der Waals surface area contributed by atoms with Gasteiger partial charge >= 0.3 is 0 Å². The van der Waals surface area contributed by atoms with Crippen LogP contribution in [-0.4, -0.2) is 4.55 Å². The fraction of sp³-hybridized carbons (Fsp3) is 0. The molecular formula is C6H6ClOSZn-. The van der Waals surface area contributed by atoms with Gasteiger partial charge in [0.15, 0.2) is 0 Å². The third-order valence-corrected chi connectivity index (χ3v) is 1.37. The van der Waals surface area contributed by atoms with Crippen LogP contribution in [-0.2, 0) is 31.5 Å². The molecular weight excluding hydrogens is 221 g/mol. The standard InChI is InChI=1S/C6H6OS.ClH.Zn/c7-8-6-4-2-1-3-5-6;;/h1-5,8H;1H;/p-1. The first kappa shape index (κ1) is 13.1. The van der Waals surface area contributed by atoms with E-state index in [0.717, 1.165) is 4.90 Å². The summed E-state index contributed by atoms with van der Waals surface area (Å²) in [6.07, 6.45) is 0. The number of rotatable bonds is 1. The predicted octanol–water partition coefficient (Wildman–Crippen LogP) is -2.01. The zero-order valence-corrected chi connectivity index (χ0v) is 9.94. The first-order valence-electron chi connectivity index (χ1n) is 2.32. The maximum absolute atomic E-state index is 10.1. The molecule has 1 rings (SSSR count). The quantitative estimate of drug-likeness (QED) is 0.309. The second-order valence-electron chi connectivity index (χ2n) is 1.43. The molecule has 1 aromatic rings. The van der Waals surface area contributed by atoms with Gasteiger partial charge in [-0.05, 0) is 24.2 Å². The number of benzene rings is 1. The maximum atomic E-state index is 10.1. The average molecular weight is 227 g/mol. The van der Waals surface area contributed by atoms with Gasteiger partial charge in [0.05, 0.1) is 0 Å². The Morgan fingerprint density at radius 1 is 1.10 bits per heavy atom. The Hall–Kier alpha value is 0.443. The van der Waals surface area contributed by atoms with Gasteiger partial charge in [0.25, 0.3) is 0 Å². The van der Waals surface area contributed by atoms with Gasteiger partial charge in [-0.25, -0.2) is 0 Å². The SMILES string of the molecule is [Cl-].[O-][SH+]c1ccccc1.[Zn]. The summed E-state index contributed by atoms with van der Waals surface area (Å²) in [5, 5.41) is 0. The van der Waals surface area contributed by atoms with Crippen molar-refractivity contribution in [3.63, 3.8) is 0 Å². The van der Waals surface area contributed by atoms with Gasteiger partial charge in [0, 0.05) is 19.5 Å². The minimum atomic E-state index is 0. The summed E-state index contributed by atoms with van der Waals surface area (Å²) < 4.78 is 10.1. The third-order valence-electron chi connectivity index (χ3n) is 0.862. The van der Waals surface area contributed by atoms with Gasteiger partial charge in [0.1, 0.15) is 4.90 Å². The molecule has 0 saturated heterocycles. The normalized spacial score (nSPS) is 7.30. The fourth-order valence-corrected chi connectivity index (χ4v) is 0.783. The monoisotopic (exact) mass is 225 g/mol. The zero-order valence-electron chi connectivity index (χ0n) is 5.33. The second kappa shape index (κ2) is 7.55. The van der Waals surface area contributed by atoms with Gasteiger partial charge in [-0.1, -0.05) is 18.2 Å². The van der Waals surface area contributed by atoms with E-state index in [1.54, 1.807) is 0 Å². The Balaban J connectivity index is 0. The Labute approximate surface area is 83.6 Å². The maximum Gasteiger partial charge on any atom is 0.150 e. The van der Waals surface area contributed by atoms with E-state index in [4.69, 9.17) is 0 Å². The minimum absolute atomic E-state index is 0. The molecule has 52 valence electrons. The summed E-state index contributed by atoms with van der Waals surface area (Å²) in [4.78, 5) is 0.826. The van der Waals surface area contributed by atoms with Crippen LogP contribution in [0, 0.1) is 0 Å². The van der Waals surface area contributed by atoms with Crippen molar-refractivity contribution in [3.8, 4) is 0 Å². The zero-order chi connectivity index (χ0) is 5.82. The van der Waals surface area contributed by atoms with Crippen LogP contribution in [0.15, 0.2) is 35.2 Å². The van der Waals surface area contributed by atoms with Gasteiger partial charge in [-0.2, -0.15) is 0 Å². The Morgan fingerprint density at radius 3 is 1.90 bits per heavy atom. The van der Waals surface area contributed by atoms with Gasteiger partial charge in [0.2, 0.25) is 0 Å². The molecule has 0 radical (unpaired) electrons. The van der Waals surface area contributed by atoms with Crippen LogP contribution < -0.4 is 12.4 Å². The van der Waals surface area contributed by atoms with Crippen molar-refractivity contribution in [1.82, 2.24) is 0 Å². The summed E-state index contributed by atoms with van der Waals surface area (Å²) in [5.74, 6) is 0. The van der Waals surface area contributed by atoms with Crippen molar-refractivity contribution in [1.29, 1.82) is 0 Å². The second-order valence-corrected chi connectivity index (χ2v) is 2.13. The number of halogens is 1. The van der Waals surface area contributed by atoms with Crippen LogP contribution in [0.2, 0.25) is 0 Å². The largest absolute Gasteiger partial charge is 1.00 e. The first-order chi connectivity index (χ1) is 3.93. The molecule has 1 nitrogen and oxygen atoms in total. The minimum Gasteiger partial charge on any atom is -1.00 e. The van der Waals surface area contributed by atoms with Crippen molar-refractivity contribution in [2.24, 2.45) is 0 Å². The molecule has 10 heavy (non-hydrogen) atoms. The molecule has 0 aliphatic heterocycles. The molecule has 0 aliphatic carbocycles.